The summed E-state index contributed by atoms with van der Waals surface area (Å²) >= 11 is 0. The minimum atomic E-state index is -1.43. The molecule has 0 aromatic rings. The van der Waals surface area contributed by atoms with Crippen LogP contribution in [0.5, 0.6) is 0 Å². The molecule has 1 aliphatic heterocycles. The van der Waals surface area contributed by atoms with Crippen molar-refractivity contribution in [2.75, 3.05) is 6.61 Å². The van der Waals surface area contributed by atoms with E-state index in [-0.39, 0.29) is 0 Å². The van der Waals surface area contributed by atoms with Crippen LogP contribution in [0.2, 0.25) is 0 Å². The standard InChI is InChI=1S/C6H13NO5/c8-1-2-3(9)4(10)5(11)6(12)7-2/h2-12H,1H2/t2?,3-,4?,5?,6+/m1/s1. The predicted molar refractivity (Wildman–Crippen MR) is 38.0 cm³/mol. The third-order valence-electron chi connectivity index (χ3n) is 2.02. The molecule has 1 heterocycles. The molecule has 1 saturated heterocycles. The van der Waals surface area contributed by atoms with Crippen LogP contribution >= 0.6 is 0 Å². The van der Waals surface area contributed by atoms with Crippen molar-refractivity contribution in [3.8, 4) is 0 Å². The largest absolute Gasteiger partial charge is 0.395 e. The summed E-state index contributed by atoms with van der Waals surface area (Å²) in [5, 5.41) is 47.3. The lowest BCUT2D eigenvalue weighted by Crippen LogP contribution is -2.65. The third-order valence-corrected chi connectivity index (χ3v) is 2.02. The summed E-state index contributed by atoms with van der Waals surface area (Å²) in [6.07, 6.45) is -5.45. The lowest BCUT2D eigenvalue weighted by Gasteiger charge is -2.38. The van der Waals surface area contributed by atoms with E-state index in [1.54, 1.807) is 0 Å². The van der Waals surface area contributed by atoms with Gasteiger partial charge in [-0.05, 0) is 0 Å². The van der Waals surface area contributed by atoms with Crippen molar-refractivity contribution in [1.82, 2.24) is 5.32 Å². The van der Waals surface area contributed by atoms with Crippen molar-refractivity contribution in [3.63, 3.8) is 0 Å². The third kappa shape index (κ3) is 1.58. The molecule has 6 heteroatoms. The first-order chi connectivity index (χ1) is 5.57. The van der Waals surface area contributed by atoms with Crippen LogP contribution in [0, 0.1) is 0 Å². The molecule has 0 bridgehead atoms. The Kier molecular flexibility index (Phi) is 2.99. The van der Waals surface area contributed by atoms with Gasteiger partial charge in [0.15, 0.2) is 0 Å². The smallest absolute Gasteiger partial charge is 0.134 e. The molecule has 0 aromatic heterocycles. The fourth-order valence-electron chi connectivity index (χ4n) is 1.20. The Labute approximate surface area is 69.1 Å². The predicted octanol–water partition coefficient (Wildman–Crippen LogP) is -3.65. The molecule has 0 radical (unpaired) electrons. The number of nitrogens with one attached hydrogen (secondary N) is 1. The van der Waals surface area contributed by atoms with Crippen LogP contribution in [0.4, 0.5) is 0 Å². The van der Waals surface area contributed by atoms with Gasteiger partial charge in [-0.3, -0.25) is 5.32 Å². The molecule has 12 heavy (non-hydrogen) atoms. The van der Waals surface area contributed by atoms with Gasteiger partial charge in [0, 0.05) is 0 Å². The van der Waals surface area contributed by atoms with Crippen molar-refractivity contribution < 1.29 is 25.5 Å². The number of piperidine rings is 1. The minimum absolute atomic E-state index is 0.415. The van der Waals surface area contributed by atoms with E-state index in [1.807, 2.05) is 0 Å². The molecule has 3 unspecified atom stereocenters. The minimum Gasteiger partial charge on any atom is -0.395 e. The molecular weight excluding hydrogens is 166 g/mol. The molecule has 0 aromatic carbocycles. The van der Waals surface area contributed by atoms with Gasteiger partial charge in [0.1, 0.15) is 24.5 Å². The summed E-state index contributed by atoms with van der Waals surface area (Å²) in [6, 6.07) is -0.807. The van der Waals surface area contributed by atoms with E-state index in [0.717, 1.165) is 0 Å². The Bertz CT molecular complexity index is 150. The zero-order chi connectivity index (χ0) is 9.30. The molecule has 1 aliphatic rings. The maximum atomic E-state index is 9.18. The van der Waals surface area contributed by atoms with Crippen LogP contribution in [0.3, 0.4) is 0 Å². The summed E-state index contributed by atoms with van der Waals surface area (Å²) < 4.78 is 0. The summed E-state index contributed by atoms with van der Waals surface area (Å²) in [7, 11) is 0. The van der Waals surface area contributed by atoms with Gasteiger partial charge in [0.25, 0.3) is 0 Å². The van der Waals surface area contributed by atoms with E-state index >= 15 is 0 Å². The first-order valence-electron chi connectivity index (χ1n) is 3.67. The molecule has 72 valence electrons. The van der Waals surface area contributed by atoms with Gasteiger partial charge in [-0.2, -0.15) is 0 Å². The second kappa shape index (κ2) is 3.65. The molecule has 1 rings (SSSR count). The summed E-state index contributed by atoms with van der Waals surface area (Å²) in [5.41, 5.74) is 0. The molecule has 5 atom stereocenters. The Hall–Kier alpha value is -0.240. The fourth-order valence-corrected chi connectivity index (χ4v) is 1.20. The van der Waals surface area contributed by atoms with Crippen LogP contribution in [-0.2, 0) is 0 Å². The lowest BCUT2D eigenvalue weighted by molar-refractivity contribution is -0.161. The average Bonchev–Trinajstić information content (AvgIpc) is 2.08. The zero-order valence-electron chi connectivity index (χ0n) is 6.33. The van der Waals surface area contributed by atoms with E-state index < -0.39 is 37.2 Å². The van der Waals surface area contributed by atoms with Gasteiger partial charge < -0.3 is 25.5 Å². The maximum Gasteiger partial charge on any atom is 0.134 e. The molecule has 1 fully saturated rings. The molecule has 0 spiro atoms. The number of hydrogen-bond donors (Lipinski definition) is 6. The van der Waals surface area contributed by atoms with E-state index in [1.165, 1.54) is 0 Å². The SMILES string of the molecule is OCC1N[C@@H](O)C(O)C(O)[C@@H]1O. The van der Waals surface area contributed by atoms with Gasteiger partial charge in [-0.25, -0.2) is 0 Å². The maximum absolute atomic E-state index is 9.18. The zero-order valence-corrected chi connectivity index (χ0v) is 6.33. The summed E-state index contributed by atoms with van der Waals surface area (Å²) in [4.78, 5) is 0. The van der Waals surface area contributed by atoms with Gasteiger partial charge in [-0.15, -0.1) is 0 Å². The second-order valence-electron chi connectivity index (χ2n) is 2.87. The lowest BCUT2D eigenvalue weighted by atomic mass is 9.95. The average molecular weight is 179 g/mol. The highest BCUT2D eigenvalue weighted by molar-refractivity contribution is 4.93. The van der Waals surface area contributed by atoms with Crippen molar-refractivity contribution in [2.45, 2.75) is 30.6 Å². The Balaban J connectivity index is 2.63. The van der Waals surface area contributed by atoms with Crippen LogP contribution in [0.15, 0.2) is 0 Å². The van der Waals surface area contributed by atoms with E-state index in [9.17, 15) is 5.11 Å². The van der Waals surface area contributed by atoms with Crippen LogP contribution < -0.4 is 5.32 Å². The monoisotopic (exact) mass is 179 g/mol. The van der Waals surface area contributed by atoms with Crippen molar-refractivity contribution >= 4 is 0 Å². The van der Waals surface area contributed by atoms with Gasteiger partial charge in [-0.1, -0.05) is 0 Å². The molecular formula is C6H13NO5. The van der Waals surface area contributed by atoms with Crippen LogP contribution in [0.25, 0.3) is 0 Å². The fraction of sp³-hybridized carbons (Fsp3) is 1.00. The molecule has 0 amide bonds. The van der Waals surface area contributed by atoms with Crippen molar-refractivity contribution in [2.24, 2.45) is 0 Å². The number of aliphatic hydroxyl groups is 5. The summed E-state index contributed by atoms with van der Waals surface area (Å²) in [6.45, 7) is -0.415. The normalized spacial score (nSPS) is 49.2. The Morgan fingerprint density at radius 2 is 1.50 bits per heavy atom. The Morgan fingerprint density at radius 3 is 2.00 bits per heavy atom. The van der Waals surface area contributed by atoms with Crippen LogP contribution in [-0.4, -0.2) is 62.7 Å². The first kappa shape index (κ1) is 9.85. The molecule has 0 aliphatic carbocycles. The van der Waals surface area contributed by atoms with Gasteiger partial charge in [0.2, 0.25) is 0 Å². The summed E-state index contributed by atoms with van der Waals surface area (Å²) in [5.74, 6) is 0. The number of rotatable bonds is 1. The van der Waals surface area contributed by atoms with Crippen molar-refractivity contribution in [1.29, 1.82) is 0 Å². The second-order valence-corrected chi connectivity index (χ2v) is 2.87. The van der Waals surface area contributed by atoms with Gasteiger partial charge in [0.05, 0.1) is 12.6 Å². The highest BCUT2D eigenvalue weighted by Gasteiger charge is 2.40. The molecule has 6 N–H and O–H groups in total. The van der Waals surface area contributed by atoms with E-state index in [4.69, 9.17) is 20.4 Å². The highest BCUT2D eigenvalue weighted by Crippen LogP contribution is 2.13. The first-order valence-corrected chi connectivity index (χ1v) is 3.67. The van der Waals surface area contributed by atoms with Gasteiger partial charge >= 0.3 is 0 Å². The van der Waals surface area contributed by atoms with E-state index in [0.29, 0.717) is 0 Å². The topological polar surface area (TPSA) is 113 Å². The van der Waals surface area contributed by atoms with E-state index in [2.05, 4.69) is 5.32 Å². The molecule has 6 nitrogen and oxygen atoms in total. The highest BCUT2D eigenvalue weighted by atomic mass is 16.4. The quantitative estimate of drug-likeness (QED) is 0.247. The number of hydrogen-bond acceptors (Lipinski definition) is 6. The molecule has 0 saturated carbocycles. The Morgan fingerprint density at radius 1 is 0.917 bits per heavy atom. The number of aliphatic hydroxyl groups excluding tert-OH is 5. The van der Waals surface area contributed by atoms with Crippen molar-refractivity contribution in [3.05, 3.63) is 0 Å². The van der Waals surface area contributed by atoms with Crippen LogP contribution in [0.1, 0.15) is 0 Å².